The van der Waals surface area contributed by atoms with E-state index in [1.165, 1.54) is 42.1 Å². The summed E-state index contributed by atoms with van der Waals surface area (Å²) in [6.45, 7) is 5.47. The third kappa shape index (κ3) is 6.96. The van der Waals surface area contributed by atoms with Gasteiger partial charge >= 0.3 is 0 Å². The largest absolute Gasteiger partial charge is 0.350 e. The number of likely N-dealkylation sites (tertiary alicyclic amines) is 1. The van der Waals surface area contributed by atoms with E-state index in [1.807, 2.05) is 0 Å². The van der Waals surface area contributed by atoms with Crippen LogP contribution in [0.25, 0.3) is 10.9 Å². The molecule has 1 saturated heterocycles. The zero-order valence-corrected chi connectivity index (χ0v) is 26.9. The van der Waals surface area contributed by atoms with Gasteiger partial charge in [0.1, 0.15) is 18.4 Å². The molecular weight excluding hydrogens is 649 g/mol. The Balaban J connectivity index is 1.39. The Labute approximate surface area is 279 Å². The highest BCUT2D eigenvalue weighted by molar-refractivity contribution is 6.39. The van der Waals surface area contributed by atoms with Crippen LogP contribution in [0.15, 0.2) is 76.5 Å². The fourth-order valence-electron chi connectivity index (χ4n) is 5.79. The molecule has 3 aromatic rings. The minimum atomic E-state index is -1.98. The number of Topliss-reactive ketones (excluding diaryl/α,β-unsaturated/α-hetero) is 1. The van der Waals surface area contributed by atoms with Crippen molar-refractivity contribution < 1.29 is 32.3 Å². The van der Waals surface area contributed by atoms with Gasteiger partial charge in [-0.15, -0.1) is 0 Å². The molecule has 2 aromatic carbocycles. The number of amides is 3. The van der Waals surface area contributed by atoms with Crippen molar-refractivity contribution in [2.75, 3.05) is 6.54 Å². The van der Waals surface area contributed by atoms with Crippen molar-refractivity contribution in [1.82, 2.24) is 20.1 Å². The first-order valence-corrected chi connectivity index (χ1v) is 15.4. The van der Waals surface area contributed by atoms with Crippen LogP contribution >= 0.6 is 11.6 Å². The van der Waals surface area contributed by atoms with Gasteiger partial charge in [0, 0.05) is 59.5 Å². The van der Waals surface area contributed by atoms with Crippen LogP contribution in [0.5, 0.6) is 0 Å². The second kappa shape index (κ2) is 14.0. The Kier molecular flexibility index (Phi) is 9.99. The van der Waals surface area contributed by atoms with Crippen LogP contribution in [0.3, 0.4) is 0 Å². The number of allylic oxidation sites excluding steroid dienone is 1. The summed E-state index contributed by atoms with van der Waals surface area (Å²) in [7, 11) is 0. The Morgan fingerprint density at radius 3 is 2.56 bits per heavy atom. The van der Waals surface area contributed by atoms with E-state index >= 15 is 0 Å². The van der Waals surface area contributed by atoms with E-state index in [2.05, 4.69) is 27.3 Å². The summed E-state index contributed by atoms with van der Waals surface area (Å²) in [5.41, 5.74) is 0.616. The highest BCUT2D eigenvalue weighted by Crippen LogP contribution is 2.46. The van der Waals surface area contributed by atoms with Gasteiger partial charge in [-0.3, -0.25) is 19.2 Å². The summed E-state index contributed by atoms with van der Waals surface area (Å²) >= 11 is 5.82. The minimum absolute atomic E-state index is 0.0919. The average molecular weight is 681 g/mol. The lowest BCUT2D eigenvalue weighted by Gasteiger charge is -2.24. The smallest absolute Gasteiger partial charge is 0.289 e. The molecule has 0 bridgehead atoms. The number of hydrogen-bond acceptors (Lipinski definition) is 5. The number of rotatable bonds is 9. The molecule has 1 aromatic heterocycles. The number of nitrogens with zero attached hydrogens (tertiary/aromatic N) is 4. The number of carbonyl (C=O) groups is 4. The zero-order chi connectivity index (χ0) is 34.7. The van der Waals surface area contributed by atoms with E-state index in [0.717, 1.165) is 10.5 Å². The average Bonchev–Trinajstić information content (AvgIpc) is 3.53. The number of carbonyl (C=O) groups excluding carboxylic acids is 4. The van der Waals surface area contributed by atoms with Gasteiger partial charge < -0.3 is 20.1 Å². The third-order valence-corrected chi connectivity index (χ3v) is 8.76. The zero-order valence-electron chi connectivity index (χ0n) is 26.2. The molecule has 1 aliphatic carbocycles. The van der Waals surface area contributed by atoms with Gasteiger partial charge in [-0.05, 0) is 57.2 Å². The fraction of sp³-hybridized carbons (Fsp3) is 0.294. The molecule has 0 spiro atoms. The third-order valence-electron chi connectivity index (χ3n) is 8.47. The van der Waals surface area contributed by atoms with Crippen LogP contribution in [0.1, 0.15) is 54.6 Å². The Hall–Kier alpha value is -5.04. The lowest BCUT2D eigenvalue weighted by Crippen LogP contribution is -2.46. The predicted octanol–water partition coefficient (Wildman–Crippen LogP) is 5.44. The first-order valence-electron chi connectivity index (χ1n) is 15.0. The molecule has 0 unspecified atom stereocenters. The van der Waals surface area contributed by atoms with Crippen molar-refractivity contribution in [3.63, 3.8) is 0 Å². The molecular formula is C34H32ClF3N6O4. The summed E-state index contributed by atoms with van der Waals surface area (Å²) in [4.78, 5) is 61.1. The number of benzene rings is 2. The van der Waals surface area contributed by atoms with Crippen LogP contribution in [-0.2, 0) is 33.0 Å². The van der Waals surface area contributed by atoms with Gasteiger partial charge in [0.05, 0.1) is 10.6 Å². The maximum Gasteiger partial charge on any atom is 0.289 e. The first kappa shape index (κ1) is 34.3. The van der Waals surface area contributed by atoms with E-state index in [-0.39, 0.29) is 47.3 Å². The topological polar surface area (TPSA) is 125 Å². The standard InChI is InChI=1S/C34H32ClF3N6O4/c1-4-12-40-31(39-3)33(48)42-34(10-11-34)22-8-9-26-23(14-22)24(19(2)45)17-43(26)18-28(46)44-16-21(30(37)38)13-27(44)32(47)41-15-20-6-5-7-25(35)29(20)36/h4-9,12,14,17,27H,3,10-11,13,15-16,18H2,1-2H3,(H,41,47)(H,42,48)/b12-4-,40-31-/t27-/m0/s1. The molecule has 1 aliphatic heterocycles. The molecule has 1 atom stereocenters. The Bertz CT molecular complexity index is 1930. The number of amidine groups is 1. The van der Waals surface area contributed by atoms with Crippen molar-refractivity contribution >= 4 is 58.6 Å². The highest BCUT2D eigenvalue weighted by Gasteiger charge is 2.46. The summed E-state index contributed by atoms with van der Waals surface area (Å²) in [6, 6.07) is 8.31. The van der Waals surface area contributed by atoms with E-state index in [1.54, 1.807) is 31.2 Å². The summed E-state index contributed by atoms with van der Waals surface area (Å²) in [5, 5.41) is 5.89. The number of aliphatic imine (C=N–C) groups is 2. The van der Waals surface area contributed by atoms with Crippen LogP contribution in [0.2, 0.25) is 5.02 Å². The van der Waals surface area contributed by atoms with Gasteiger partial charge in [0.15, 0.2) is 5.78 Å². The molecule has 3 amide bonds. The van der Waals surface area contributed by atoms with Crippen molar-refractivity contribution in [3.05, 3.63) is 94.1 Å². The molecule has 2 fully saturated rings. The molecule has 48 heavy (non-hydrogen) atoms. The van der Waals surface area contributed by atoms with Crippen LogP contribution < -0.4 is 10.6 Å². The molecule has 250 valence electrons. The normalized spacial score (nSPS) is 17.1. The van der Waals surface area contributed by atoms with Gasteiger partial charge in [-0.2, -0.15) is 8.78 Å². The number of fused-ring (bicyclic) bond motifs is 1. The highest BCUT2D eigenvalue weighted by atomic mass is 35.5. The number of aromatic nitrogens is 1. The van der Waals surface area contributed by atoms with Gasteiger partial charge in [-0.1, -0.05) is 35.9 Å². The molecule has 10 nitrogen and oxygen atoms in total. The fourth-order valence-corrected chi connectivity index (χ4v) is 5.98. The summed E-state index contributed by atoms with van der Waals surface area (Å²) < 4.78 is 43.3. The molecule has 2 heterocycles. The number of hydrogen-bond donors (Lipinski definition) is 2. The molecule has 0 radical (unpaired) electrons. The first-order chi connectivity index (χ1) is 22.9. The second-order valence-corrected chi connectivity index (χ2v) is 12.0. The Morgan fingerprint density at radius 2 is 1.92 bits per heavy atom. The lowest BCUT2D eigenvalue weighted by atomic mass is 10.0. The molecule has 2 aliphatic rings. The molecule has 1 saturated carbocycles. The van der Waals surface area contributed by atoms with Crippen molar-refractivity contribution in [3.8, 4) is 0 Å². The van der Waals surface area contributed by atoms with Gasteiger partial charge in [-0.25, -0.2) is 14.4 Å². The molecule has 2 N–H and O–H groups in total. The quantitative estimate of drug-likeness (QED) is 0.177. The predicted molar refractivity (Wildman–Crippen MR) is 175 cm³/mol. The number of nitrogens with one attached hydrogen (secondary N) is 2. The van der Waals surface area contributed by atoms with E-state index < -0.39 is 47.7 Å². The van der Waals surface area contributed by atoms with Crippen LogP contribution in [0.4, 0.5) is 13.2 Å². The van der Waals surface area contributed by atoms with Gasteiger partial charge in [0.2, 0.25) is 17.6 Å². The summed E-state index contributed by atoms with van der Waals surface area (Å²) in [6.07, 6.45) is 3.50. The second-order valence-electron chi connectivity index (χ2n) is 11.6. The lowest BCUT2D eigenvalue weighted by molar-refractivity contribution is -0.138. The van der Waals surface area contributed by atoms with Crippen molar-refractivity contribution in [2.45, 2.75) is 57.8 Å². The van der Waals surface area contributed by atoms with E-state index in [9.17, 15) is 32.3 Å². The number of halogens is 4. The monoisotopic (exact) mass is 680 g/mol. The van der Waals surface area contributed by atoms with Crippen molar-refractivity contribution in [1.29, 1.82) is 0 Å². The maximum absolute atomic E-state index is 14.4. The SMILES string of the molecule is C=N/C(=N\C=C/C)C(=O)NC1(c2ccc3c(c2)c(C(C)=O)cn3CC(=O)N2CC(=C(F)F)C[C@H]2C(=O)NCc2cccc(Cl)c2F)CC1. The molecule has 5 rings (SSSR count). The molecule has 14 heteroatoms. The van der Waals surface area contributed by atoms with Gasteiger partial charge in [0.25, 0.3) is 12.0 Å². The Morgan fingerprint density at radius 1 is 1.17 bits per heavy atom. The number of ketones is 1. The van der Waals surface area contributed by atoms with Crippen LogP contribution in [0, 0.1) is 5.82 Å². The summed E-state index contributed by atoms with van der Waals surface area (Å²) in [5.74, 6) is -2.95. The van der Waals surface area contributed by atoms with Crippen LogP contribution in [-0.4, -0.2) is 58.1 Å². The van der Waals surface area contributed by atoms with E-state index in [0.29, 0.717) is 29.3 Å². The van der Waals surface area contributed by atoms with Crippen molar-refractivity contribution in [2.24, 2.45) is 9.98 Å². The van der Waals surface area contributed by atoms with E-state index in [4.69, 9.17) is 11.6 Å². The minimum Gasteiger partial charge on any atom is -0.350 e. The maximum atomic E-state index is 14.4.